The Morgan fingerprint density at radius 1 is 1.25 bits per heavy atom. The Morgan fingerprint density at radius 2 is 2.00 bits per heavy atom. The number of likely N-dealkylation sites (tertiary alicyclic amines) is 1. The van der Waals surface area contributed by atoms with E-state index in [2.05, 4.69) is 15.6 Å². The van der Waals surface area contributed by atoms with Gasteiger partial charge in [-0.1, -0.05) is 18.2 Å². The molecule has 2 heterocycles. The van der Waals surface area contributed by atoms with Crippen molar-refractivity contribution in [2.24, 2.45) is 5.73 Å². The number of para-hydroxylation sites is 1. The molecule has 1 aliphatic heterocycles. The topological polar surface area (TPSA) is 178 Å². The van der Waals surface area contributed by atoms with Crippen LogP contribution in [0.15, 0.2) is 30.5 Å². The zero-order valence-corrected chi connectivity index (χ0v) is 17.4. The van der Waals surface area contributed by atoms with E-state index in [1.54, 1.807) is 6.20 Å². The molecule has 3 atom stereocenters. The second kappa shape index (κ2) is 10.2. The number of nitrogens with two attached hydrogens (primary N) is 1. The molecule has 3 unspecified atom stereocenters. The van der Waals surface area contributed by atoms with Gasteiger partial charge in [0.15, 0.2) is 0 Å². The Balaban J connectivity index is 1.50. The summed E-state index contributed by atoms with van der Waals surface area (Å²) < 4.78 is 0. The molecule has 172 valence electrons. The number of benzene rings is 1. The molecule has 3 amide bonds. The van der Waals surface area contributed by atoms with Crippen LogP contribution in [0.5, 0.6) is 0 Å². The van der Waals surface area contributed by atoms with Crippen molar-refractivity contribution in [3.05, 3.63) is 36.0 Å². The Kier molecular flexibility index (Phi) is 7.44. The van der Waals surface area contributed by atoms with Crippen molar-refractivity contribution >= 4 is 34.6 Å². The first-order chi connectivity index (χ1) is 15.3. The molecule has 0 aliphatic carbocycles. The van der Waals surface area contributed by atoms with Crippen LogP contribution in [-0.4, -0.2) is 81.6 Å². The normalized spacial score (nSPS) is 17.7. The van der Waals surface area contributed by atoms with Crippen molar-refractivity contribution < 1.29 is 29.4 Å². The minimum absolute atomic E-state index is 0.238. The quantitative estimate of drug-likeness (QED) is 0.278. The maximum Gasteiger partial charge on any atom is 0.326 e. The van der Waals surface area contributed by atoms with E-state index in [0.29, 0.717) is 12.8 Å². The minimum Gasteiger partial charge on any atom is -0.480 e. The van der Waals surface area contributed by atoms with Gasteiger partial charge in [-0.25, -0.2) is 4.79 Å². The van der Waals surface area contributed by atoms with Gasteiger partial charge in [-0.2, -0.15) is 0 Å². The molecule has 7 N–H and O–H groups in total. The van der Waals surface area contributed by atoms with Crippen molar-refractivity contribution in [2.75, 3.05) is 19.7 Å². The average Bonchev–Trinajstić information content (AvgIpc) is 3.43. The van der Waals surface area contributed by atoms with E-state index in [1.807, 2.05) is 24.3 Å². The molecule has 1 aromatic heterocycles. The number of nitrogens with one attached hydrogen (secondary N) is 3. The maximum atomic E-state index is 12.5. The lowest BCUT2D eigenvalue weighted by Gasteiger charge is -2.26. The number of rotatable bonds is 9. The summed E-state index contributed by atoms with van der Waals surface area (Å²) in [5, 5.41) is 24.4. The number of amides is 3. The SMILES string of the molecule is NC(Cc1c[nH]c2ccccc12)C(=O)NCC(=O)NC(CO)C(=O)N1CCCC1C(=O)O. The van der Waals surface area contributed by atoms with Gasteiger partial charge < -0.3 is 36.5 Å². The van der Waals surface area contributed by atoms with Crippen molar-refractivity contribution in [3.63, 3.8) is 0 Å². The second-order valence-electron chi connectivity index (χ2n) is 7.72. The van der Waals surface area contributed by atoms with Gasteiger partial charge in [-0.15, -0.1) is 0 Å². The van der Waals surface area contributed by atoms with Crippen LogP contribution in [0.3, 0.4) is 0 Å². The molecule has 32 heavy (non-hydrogen) atoms. The number of H-pyrrole nitrogens is 1. The summed E-state index contributed by atoms with van der Waals surface area (Å²) in [7, 11) is 0. The van der Waals surface area contributed by atoms with E-state index in [-0.39, 0.29) is 13.0 Å². The van der Waals surface area contributed by atoms with Crippen LogP contribution in [0.1, 0.15) is 18.4 Å². The maximum absolute atomic E-state index is 12.5. The van der Waals surface area contributed by atoms with Crippen molar-refractivity contribution in [1.82, 2.24) is 20.5 Å². The highest BCUT2D eigenvalue weighted by atomic mass is 16.4. The van der Waals surface area contributed by atoms with Gasteiger partial charge in [0.2, 0.25) is 17.7 Å². The Morgan fingerprint density at radius 3 is 2.72 bits per heavy atom. The van der Waals surface area contributed by atoms with Gasteiger partial charge in [-0.3, -0.25) is 14.4 Å². The van der Waals surface area contributed by atoms with E-state index >= 15 is 0 Å². The molecule has 0 spiro atoms. The molecule has 11 nitrogen and oxygen atoms in total. The molecular formula is C21H27N5O6. The van der Waals surface area contributed by atoms with Crippen LogP contribution in [0, 0.1) is 0 Å². The van der Waals surface area contributed by atoms with Crippen molar-refractivity contribution in [3.8, 4) is 0 Å². The number of aromatic amines is 1. The first-order valence-corrected chi connectivity index (χ1v) is 10.3. The minimum atomic E-state index is -1.29. The lowest BCUT2D eigenvalue weighted by atomic mass is 10.1. The molecule has 0 radical (unpaired) electrons. The highest BCUT2D eigenvalue weighted by Gasteiger charge is 2.37. The number of hydrogen-bond acceptors (Lipinski definition) is 6. The molecule has 2 aromatic rings. The summed E-state index contributed by atoms with van der Waals surface area (Å²) in [5.74, 6) is -3.04. The third-order valence-electron chi connectivity index (χ3n) is 5.51. The summed E-state index contributed by atoms with van der Waals surface area (Å²) in [6.45, 7) is -0.893. The number of aliphatic hydroxyl groups is 1. The number of carboxylic acids is 1. The average molecular weight is 445 g/mol. The molecule has 11 heteroatoms. The largest absolute Gasteiger partial charge is 0.480 e. The van der Waals surface area contributed by atoms with Crippen LogP contribution in [0.2, 0.25) is 0 Å². The van der Waals surface area contributed by atoms with Crippen molar-refractivity contribution in [1.29, 1.82) is 0 Å². The lowest BCUT2D eigenvalue weighted by molar-refractivity contribution is -0.149. The van der Waals surface area contributed by atoms with Crippen LogP contribution in [0.4, 0.5) is 0 Å². The number of aliphatic carboxylic acids is 1. The predicted octanol–water partition coefficient (Wildman–Crippen LogP) is -1.29. The highest BCUT2D eigenvalue weighted by molar-refractivity contribution is 5.93. The van der Waals surface area contributed by atoms with Crippen molar-refractivity contribution in [2.45, 2.75) is 37.4 Å². The highest BCUT2D eigenvalue weighted by Crippen LogP contribution is 2.19. The number of hydrogen-bond donors (Lipinski definition) is 6. The number of nitrogens with zero attached hydrogens (tertiary/aromatic N) is 1. The van der Waals surface area contributed by atoms with Gasteiger partial charge in [0, 0.05) is 23.6 Å². The standard InChI is InChI=1S/C21H27N5O6/c22-14(8-12-9-23-15-5-2-1-4-13(12)15)19(29)24-10-18(28)25-16(11-27)20(30)26-7-3-6-17(26)21(31)32/h1-2,4-5,9,14,16-17,23,27H,3,6-8,10-11,22H2,(H,24,29)(H,25,28)(H,31,32). The molecular weight excluding hydrogens is 418 g/mol. The number of carbonyl (C=O) groups is 4. The fourth-order valence-corrected chi connectivity index (χ4v) is 3.85. The fourth-order valence-electron chi connectivity index (χ4n) is 3.85. The van der Waals surface area contributed by atoms with E-state index in [4.69, 9.17) is 5.73 Å². The van der Waals surface area contributed by atoms with Crippen LogP contribution >= 0.6 is 0 Å². The predicted molar refractivity (Wildman–Crippen MR) is 114 cm³/mol. The van der Waals surface area contributed by atoms with E-state index in [1.165, 1.54) is 0 Å². The number of carbonyl (C=O) groups excluding carboxylic acids is 3. The summed E-state index contributed by atoms with van der Waals surface area (Å²) in [6.07, 6.45) is 2.89. The van der Waals surface area contributed by atoms with E-state index < -0.39 is 55.0 Å². The van der Waals surface area contributed by atoms with Gasteiger partial charge >= 0.3 is 5.97 Å². The fraction of sp³-hybridized carbons (Fsp3) is 0.429. The lowest BCUT2D eigenvalue weighted by Crippen LogP contribution is -2.55. The molecule has 1 aromatic carbocycles. The van der Waals surface area contributed by atoms with Gasteiger partial charge in [0.1, 0.15) is 12.1 Å². The molecule has 1 fully saturated rings. The van der Waals surface area contributed by atoms with Gasteiger partial charge in [0.25, 0.3) is 0 Å². The summed E-state index contributed by atoms with van der Waals surface area (Å²) >= 11 is 0. The molecule has 3 rings (SSSR count). The zero-order chi connectivity index (χ0) is 23.3. The van der Waals surface area contributed by atoms with Crippen LogP contribution in [0.25, 0.3) is 10.9 Å². The molecule has 1 saturated heterocycles. The zero-order valence-electron chi connectivity index (χ0n) is 17.4. The molecule has 0 saturated carbocycles. The van der Waals surface area contributed by atoms with E-state index in [9.17, 15) is 29.4 Å². The summed E-state index contributed by atoms with van der Waals surface area (Å²) in [6, 6.07) is 4.45. The van der Waals surface area contributed by atoms with E-state index in [0.717, 1.165) is 21.4 Å². The van der Waals surface area contributed by atoms with Gasteiger partial charge in [-0.05, 0) is 30.9 Å². The second-order valence-corrected chi connectivity index (χ2v) is 7.72. The molecule has 0 bridgehead atoms. The van der Waals surface area contributed by atoms with Crippen LogP contribution < -0.4 is 16.4 Å². The number of fused-ring (bicyclic) bond motifs is 1. The van der Waals surface area contributed by atoms with Gasteiger partial charge in [0.05, 0.1) is 19.2 Å². The Bertz CT molecular complexity index is 1010. The first kappa shape index (κ1) is 23.2. The molecule has 1 aliphatic rings. The summed E-state index contributed by atoms with van der Waals surface area (Å²) in [4.78, 5) is 52.6. The third kappa shape index (κ3) is 5.24. The number of carboxylic acid groups (broad SMARTS) is 1. The summed E-state index contributed by atoms with van der Waals surface area (Å²) in [5.41, 5.74) is 7.77. The first-order valence-electron chi connectivity index (χ1n) is 10.3. The van der Waals surface area contributed by atoms with Crippen LogP contribution in [-0.2, 0) is 25.6 Å². The number of aliphatic hydroxyl groups excluding tert-OH is 1. The smallest absolute Gasteiger partial charge is 0.326 e. The Hall–Kier alpha value is -3.44. The monoisotopic (exact) mass is 445 g/mol. The third-order valence-corrected chi connectivity index (χ3v) is 5.51. The Labute approximate surface area is 183 Å². The number of aromatic nitrogens is 1.